The predicted molar refractivity (Wildman–Crippen MR) is 54.0 cm³/mol. The van der Waals surface area contributed by atoms with E-state index < -0.39 is 30.3 Å². The summed E-state index contributed by atoms with van der Waals surface area (Å²) in [5, 5.41) is 0. The summed E-state index contributed by atoms with van der Waals surface area (Å²) in [4.78, 5) is 0. The third-order valence-electron chi connectivity index (χ3n) is 2.24. The molecule has 2 nitrogen and oxygen atoms in total. The minimum absolute atomic E-state index is 0.967. The van der Waals surface area contributed by atoms with Crippen LogP contribution in [0.15, 0.2) is 25.3 Å². The lowest BCUT2D eigenvalue weighted by Gasteiger charge is -2.19. The Hall–Kier alpha value is -0.740. The lowest BCUT2D eigenvalue weighted by Crippen LogP contribution is -2.37. The van der Waals surface area contributed by atoms with Crippen molar-refractivity contribution in [2.24, 2.45) is 0 Å². The van der Waals surface area contributed by atoms with Crippen LogP contribution in [0.2, 0.25) is 0 Å². The van der Waals surface area contributed by atoms with Gasteiger partial charge in [0.25, 0.3) is 0 Å². The molecule has 1 rings (SSSR count). The van der Waals surface area contributed by atoms with Crippen molar-refractivity contribution in [3.05, 3.63) is 25.3 Å². The summed E-state index contributed by atoms with van der Waals surface area (Å²) in [5.74, 6) is -0.976. The van der Waals surface area contributed by atoms with Crippen LogP contribution in [0.5, 0.6) is 0 Å². The molecule has 0 amide bonds. The second-order valence-electron chi connectivity index (χ2n) is 3.93. The van der Waals surface area contributed by atoms with Crippen LogP contribution in [0.25, 0.3) is 0 Å². The Labute approximate surface area is 88.6 Å². The molecule has 0 N–H and O–H groups in total. The van der Waals surface area contributed by atoms with Gasteiger partial charge in [0.15, 0.2) is 5.79 Å². The fourth-order valence-corrected chi connectivity index (χ4v) is 1.58. The monoisotopic (exact) mass is 218 g/mol. The second-order valence-corrected chi connectivity index (χ2v) is 3.93. The van der Waals surface area contributed by atoms with Crippen LogP contribution in [-0.4, -0.2) is 30.3 Å². The van der Waals surface area contributed by atoms with Gasteiger partial charge in [0.1, 0.15) is 24.6 Å². The summed E-state index contributed by atoms with van der Waals surface area (Å²) >= 11 is 0. The van der Waals surface area contributed by atoms with Gasteiger partial charge in [0.2, 0.25) is 0 Å². The van der Waals surface area contributed by atoms with Crippen LogP contribution in [0.4, 0.5) is 8.78 Å². The van der Waals surface area contributed by atoms with Gasteiger partial charge in [-0.25, -0.2) is 8.78 Å². The zero-order valence-electron chi connectivity index (χ0n) is 8.95. The highest BCUT2D eigenvalue weighted by molar-refractivity contribution is 5.01. The number of ether oxygens (including phenoxy) is 2. The van der Waals surface area contributed by atoms with Crippen molar-refractivity contribution in [1.29, 1.82) is 0 Å². The molecule has 0 saturated carbocycles. The first-order chi connectivity index (χ1) is 6.91. The Balaban J connectivity index is 2.83. The summed E-state index contributed by atoms with van der Waals surface area (Å²) in [6, 6.07) is 0. The quantitative estimate of drug-likeness (QED) is 0.675. The van der Waals surface area contributed by atoms with Crippen molar-refractivity contribution in [3.63, 3.8) is 0 Å². The van der Waals surface area contributed by atoms with E-state index in [1.165, 1.54) is 0 Å². The molecule has 0 aromatic rings. The molecule has 4 atom stereocenters. The van der Waals surface area contributed by atoms with Crippen LogP contribution in [0.1, 0.15) is 13.8 Å². The van der Waals surface area contributed by atoms with E-state index >= 15 is 0 Å². The van der Waals surface area contributed by atoms with E-state index in [0.29, 0.717) is 0 Å². The van der Waals surface area contributed by atoms with E-state index in [9.17, 15) is 8.78 Å². The molecule has 0 bridgehead atoms. The molecule has 15 heavy (non-hydrogen) atoms. The molecule has 0 spiro atoms. The van der Waals surface area contributed by atoms with Crippen LogP contribution in [0.3, 0.4) is 0 Å². The number of alkyl halides is 2. The zero-order valence-corrected chi connectivity index (χ0v) is 8.95. The molecule has 1 heterocycles. The average molecular weight is 218 g/mol. The molecule has 1 fully saturated rings. The van der Waals surface area contributed by atoms with Crippen molar-refractivity contribution in [2.45, 2.75) is 44.2 Å². The molecule has 1 aliphatic rings. The van der Waals surface area contributed by atoms with Crippen LogP contribution in [0, 0.1) is 0 Å². The van der Waals surface area contributed by atoms with Gasteiger partial charge in [0.05, 0.1) is 0 Å². The number of halogens is 2. The fourth-order valence-electron chi connectivity index (χ4n) is 1.58. The van der Waals surface area contributed by atoms with Crippen molar-refractivity contribution in [3.8, 4) is 0 Å². The molecule has 0 aromatic heterocycles. The highest BCUT2D eigenvalue weighted by Gasteiger charge is 2.47. The molecule has 0 unspecified atom stereocenters. The van der Waals surface area contributed by atoms with E-state index in [-0.39, 0.29) is 0 Å². The Morgan fingerprint density at radius 1 is 1.07 bits per heavy atom. The van der Waals surface area contributed by atoms with Gasteiger partial charge < -0.3 is 9.47 Å². The van der Waals surface area contributed by atoms with Gasteiger partial charge in [-0.3, -0.25) is 0 Å². The molecular formula is C11H16F2O2. The van der Waals surface area contributed by atoms with Gasteiger partial charge in [-0.05, 0) is 13.8 Å². The third-order valence-corrected chi connectivity index (χ3v) is 2.24. The molecule has 4 heteroatoms. The largest absolute Gasteiger partial charge is 0.341 e. The Morgan fingerprint density at radius 3 is 1.67 bits per heavy atom. The zero-order chi connectivity index (χ0) is 11.6. The first-order valence-corrected chi connectivity index (χ1v) is 4.80. The van der Waals surface area contributed by atoms with E-state index in [4.69, 9.17) is 9.47 Å². The summed E-state index contributed by atoms with van der Waals surface area (Å²) in [6.45, 7) is 9.86. The Kier molecular flexibility index (Phi) is 3.62. The van der Waals surface area contributed by atoms with E-state index in [2.05, 4.69) is 13.2 Å². The Morgan fingerprint density at radius 2 is 1.40 bits per heavy atom. The van der Waals surface area contributed by atoms with E-state index in [0.717, 1.165) is 12.2 Å². The fraction of sp³-hybridized carbons (Fsp3) is 0.636. The predicted octanol–water partition coefficient (Wildman–Crippen LogP) is 2.55. The topological polar surface area (TPSA) is 18.5 Å². The molecule has 1 aliphatic heterocycles. The second kappa shape index (κ2) is 4.41. The third kappa shape index (κ3) is 2.63. The number of hydrogen-bond donors (Lipinski definition) is 0. The van der Waals surface area contributed by atoms with Crippen LogP contribution < -0.4 is 0 Å². The minimum atomic E-state index is -1.45. The smallest absolute Gasteiger partial charge is 0.164 e. The number of rotatable bonds is 4. The van der Waals surface area contributed by atoms with Crippen molar-refractivity contribution >= 4 is 0 Å². The SMILES string of the molecule is C=C[C@@H](F)[C@@H]1OC(C)(C)O[C@H]1[C@H](F)C=C. The maximum absolute atomic E-state index is 13.4. The number of hydrogen-bond acceptors (Lipinski definition) is 2. The maximum atomic E-state index is 13.4. The van der Waals surface area contributed by atoms with Gasteiger partial charge in [-0.2, -0.15) is 0 Å². The van der Waals surface area contributed by atoms with Gasteiger partial charge in [0, 0.05) is 0 Å². The molecule has 0 aliphatic carbocycles. The molecular weight excluding hydrogens is 202 g/mol. The van der Waals surface area contributed by atoms with Crippen molar-refractivity contribution in [1.82, 2.24) is 0 Å². The Bertz CT molecular complexity index is 229. The van der Waals surface area contributed by atoms with Crippen molar-refractivity contribution in [2.75, 3.05) is 0 Å². The standard InChI is InChI=1S/C11H16F2O2/c1-5-7(12)9-10(8(13)6-2)15-11(3,4)14-9/h5-10H,1-2H2,3-4H3/t7-,8-,9+,10+/m1/s1. The van der Waals surface area contributed by atoms with Gasteiger partial charge in [-0.1, -0.05) is 12.2 Å². The lowest BCUT2D eigenvalue weighted by atomic mass is 10.1. The normalized spacial score (nSPS) is 33.3. The van der Waals surface area contributed by atoms with Gasteiger partial charge >= 0.3 is 0 Å². The van der Waals surface area contributed by atoms with Gasteiger partial charge in [-0.15, -0.1) is 13.2 Å². The first kappa shape index (κ1) is 12.3. The highest BCUT2D eigenvalue weighted by atomic mass is 19.1. The molecule has 0 radical (unpaired) electrons. The summed E-state index contributed by atoms with van der Waals surface area (Å²) in [5.41, 5.74) is 0. The van der Waals surface area contributed by atoms with Crippen molar-refractivity contribution < 1.29 is 18.3 Å². The molecule has 86 valence electrons. The minimum Gasteiger partial charge on any atom is -0.341 e. The summed E-state index contributed by atoms with van der Waals surface area (Å²) in [6.07, 6.45) is -2.67. The van der Waals surface area contributed by atoms with E-state index in [1.54, 1.807) is 13.8 Å². The van der Waals surface area contributed by atoms with Crippen LogP contribution >= 0.6 is 0 Å². The summed E-state index contributed by atoms with van der Waals surface area (Å²) in [7, 11) is 0. The van der Waals surface area contributed by atoms with Crippen LogP contribution in [-0.2, 0) is 9.47 Å². The molecule has 1 saturated heterocycles. The lowest BCUT2D eigenvalue weighted by molar-refractivity contribution is -0.152. The maximum Gasteiger partial charge on any atom is 0.164 e. The molecule has 0 aromatic carbocycles. The average Bonchev–Trinajstić information content (AvgIpc) is 2.52. The summed E-state index contributed by atoms with van der Waals surface area (Å²) < 4.78 is 37.4. The first-order valence-electron chi connectivity index (χ1n) is 4.80. The highest BCUT2D eigenvalue weighted by Crippen LogP contribution is 2.34. The van der Waals surface area contributed by atoms with E-state index in [1.807, 2.05) is 0 Å².